The Labute approximate surface area is 207 Å². The van der Waals surface area contributed by atoms with Crippen molar-refractivity contribution in [3.8, 4) is 0 Å². The molecule has 2 aromatic carbocycles. The van der Waals surface area contributed by atoms with Crippen LogP contribution >= 0.6 is 11.8 Å². The third-order valence-corrected chi connectivity index (χ3v) is 7.39. The number of amides is 2. The molecular weight excluding hydrogens is 467 g/mol. The van der Waals surface area contributed by atoms with Gasteiger partial charge in [0.25, 0.3) is 5.91 Å². The van der Waals surface area contributed by atoms with E-state index in [9.17, 15) is 14.0 Å². The number of imidazole rings is 1. The van der Waals surface area contributed by atoms with E-state index in [-0.39, 0.29) is 36.3 Å². The fourth-order valence-electron chi connectivity index (χ4n) is 4.62. The van der Waals surface area contributed by atoms with Gasteiger partial charge < -0.3 is 19.5 Å². The number of fused-ring (bicyclic) bond motifs is 1. The predicted octanol–water partition coefficient (Wildman–Crippen LogP) is 4.51. The molecular formula is C26H27FN4O3S. The Morgan fingerprint density at radius 1 is 1.14 bits per heavy atom. The van der Waals surface area contributed by atoms with Crippen LogP contribution < -0.4 is 5.32 Å². The Kier molecular flexibility index (Phi) is 6.88. The summed E-state index contributed by atoms with van der Waals surface area (Å²) in [7, 11) is 0. The second kappa shape index (κ2) is 10.2. The van der Waals surface area contributed by atoms with Crippen LogP contribution in [0.4, 0.5) is 10.1 Å². The first-order valence-electron chi connectivity index (χ1n) is 11.7. The number of halogens is 1. The van der Waals surface area contributed by atoms with Crippen molar-refractivity contribution < 1.29 is 18.7 Å². The number of anilines is 1. The molecule has 0 spiro atoms. The van der Waals surface area contributed by atoms with E-state index < -0.39 is 0 Å². The van der Waals surface area contributed by atoms with Gasteiger partial charge in [-0.1, -0.05) is 18.2 Å². The molecule has 1 atom stereocenters. The molecule has 1 fully saturated rings. The average Bonchev–Trinajstić information content (AvgIpc) is 3.32. The predicted molar refractivity (Wildman–Crippen MR) is 132 cm³/mol. The average molecular weight is 495 g/mol. The molecule has 0 bridgehead atoms. The molecule has 0 saturated carbocycles. The van der Waals surface area contributed by atoms with Crippen LogP contribution in [0.2, 0.25) is 0 Å². The molecule has 3 heterocycles. The molecule has 35 heavy (non-hydrogen) atoms. The summed E-state index contributed by atoms with van der Waals surface area (Å²) in [6, 6.07) is 14.1. The largest absolute Gasteiger partial charge is 0.365 e. The minimum Gasteiger partial charge on any atom is -0.365 e. The van der Waals surface area contributed by atoms with E-state index in [1.807, 2.05) is 35.1 Å². The number of ether oxygens (including phenoxy) is 1. The lowest BCUT2D eigenvalue weighted by atomic mass is 9.95. The number of hydrogen-bond donors (Lipinski definition) is 1. The lowest BCUT2D eigenvalue weighted by Crippen LogP contribution is -2.42. The van der Waals surface area contributed by atoms with E-state index in [2.05, 4.69) is 10.3 Å². The van der Waals surface area contributed by atoms with Gasteiger partial charge in [-0.2, -0.15) is 0 Å². The third kappa shape index (κ3) is 5.11. The molecule has 5 rings (SSSR count). The highest BCUT2D eigenvalue weighted by Gasteiger charge is 2.32. The Bertz CT molecular complexity index is 1220. The molecule has 1 saturated heterocycles. The van der Waals surface area contributed by atoms with Crippen molar-refractivity contribution in [2.45, 2.75) is 37.0 Å². The van der Waals surface area contributed by atoms with Gasteiger partial charge in [-0.15, -0.1) is 11.8 Å². The molecule has 1 N–H and O–H groups in total. The third-order valence-electron chi connectivity index (χ3n) is 6.66. The van der Waals surface area contributed by atoms with Gasteiger partial charge in [0.15, 0.2) is 5.69 Å². The normalized spacial score (nSPS) is 18.2. The number of likely N-dealkylation sites (tertiary alicyclic amines) is 1. The second-order valence-corrected chi connectivity index (χ2v) is 9.71. The first-order chi connectivity index (χ1) is 17.0. The molecule has 7 nitrogen and oxygen atoms in total. The number of nitrogens with one attached hydrogen (secondary N) is 1. The molecule has 182 valence electrons. The van der Waals surface area contributed by atoms with Crippen LogP contribution in [0.15, 0.2) is 59.8 Å². The number of piperidine rings is 1. The van der Waals surface area contributed by atoms with Crippen LogP contribution in [0.3, 0.4) is 0 Å². The van der Waals surface area contributed by atoms with Crippen molar-refractivity contribution in [1.82, 2.24) is 14.5 Å². The quantitative estimate of drug-likeness (QED) is 0.529. The lowest BCUT2D eigenvalue weighted by molar-refractivity contribution is -0.121. The zero-order chi connectivity index (χ0) is 24.4. The van der Waals surface area contributed by atoms with Gasteiger partial charge in [0, 0.05) is 29.6 Å². The smallest absolute Gasteiger partial charge is 0.274 e. The van der Waals surface area contributed by atoms with Crippen LogP contribution in [0.25, 0.3) is 0 Å². The summed E-state index contributed by atoms with van der Waals surface area (Å²) in [4.78, 5) is 33.2. The highest BCUT2D eigenvalue weighted by Crippen LogP contribution is 2.29. The highest BCUT2D eigenvalue weighted by molar-refractivity contribution is 7.98. The lowest BCUT2D eigenvalue weighted by Gasteiger charge is -2.31. The number of hydrogen-bond acceptors (Lipinski definition) is 5. The zero-order valence-corrected chi connectivity index (χ0v) is 20.3. The second-order valence-electron chi connectivity index (χ2n) is 8.83. The van der Waals surface area contributed by atoms with Crippen molar-refractivity contribution in [2.24, 2.45) is 5.92 Å². The number of carbonyl (C=O) groups is 2. The summed E-state index contributed by atoms with van der Waals surface area (Å²) in [6.07, 6.45) is 4.68. The number of thioether (sulfide) groups is 1. The van der Waals surface area contributed by atoms with Crippen molar-refractivity contribution >= 4 is 29.3 Å². The minimum atomic E-state index is -0.285. The Morgan fingerprint density at radius 3 is 2.66 bits per heavy atom. The molecule has 2 amide bonds. The minimum absolute atomic E-state index is 0.00467. The summed E-state index contributed by atoms with van der Waals surface area (Å²) in [5.41, 5.74) is 2.84. The van der Waals surface area contributed by atoms with E-state index in [1.54, 1.807) is 35.1 Å². The van der Waals surface area contributed by atoms with Gasteiger partial charge in [-0.3, -0.25) is 9.59 Å². The highest BCUT2D eigenvalue weighted by atomic mass is 32.2. The molecule has 3 aromatic rings. The van der Waals surface area contributed by atoms with Crippen molar-refractivity contribution in [3.63, 3.8) is 0 Å². The van der Waals surface area contributed by atoms with Crippen LogP contribution in [0.5, 0.6) is 0 Å². The van der Waals surface area contributed by atoms with E-state index in [1.165, 1.54) is 12.1 Å². The van der Waals surface area contributed by atoms with Crippen molar-refractivity contribution in [3.05, 3.63) is 77.6 Å². The number of rotatable bonds is 5. The van der Waals surface area contributed by atoms with Crippen molar-refractivity contribution in [1.29, 1.82) is 0 Å². The van der Waals surface area contributed by atoms with Gasteiger partial charge >= 0.3 is 0 Å². The Morgan fingerprint density at radius 2 is 1.91 bits per heavy atom. The summed E-state index contributed by atoms with van der Waals surface area (Å²) in [5.74, 6) is -0.552. The zero-order valence-electron chi connectivity index (χ0n) is 19.4. The van der Waals surface area contributed by atoms with Gasteiger partial charge in [0.2, 0.25) is 5.91 Å². The molecule has 1 unspecified atom stereocenters. The summed E-state index contributed by atoms with van der Waals surface area (Å²) in [6.45, 7) is 1.79. The number of aromatic nitrogens is 2. The Hall–Kier alpha value is -3.17. The summed E-state index contributed by atoms with van der Waals surface area (Å²) < 4.78 is 21.2. The topological polar surface area (TPSA) is 76.5 Å². The van der Waals surface area contributed by atoms with E-state index >= 15 is 0 Å². The molecule has 2 aliphatic rings. The SMILES string of the molecule is CSc1cccc(NC(=O)C2CCN(C(=O)c3ncn4c3COC(c3ccc(F)cc3)C4)CC2)c1. The van der Waals surface area contributed by atoms with Crippen LogP contribution in [0.1, 0.15) is 40.7 Å². The molecule has 0 radical (unpaired) electrons. The van der Waals surface area contributed by atoms with Gasteiger partial charge in [-0.25, -0.2) is 9.37 Å². The van der Waals surface area contributed by atoms with Crippen LogP contribution in [-0.4, -0.2) is 45.6 Å². The maximum Gasteiger partial charge on any atom is 0.274 e. The van der Waals surface area contributed by atoms with Crippen LogP contribution in [-0.2, 0) is 22.7 Å². The number of nitrogens with zero attached hydrogens (tertiary/aromatic N) is 3. The monoisotopic (exact) mass is 494 g/mol. The molecule has 0 aliphatic carbocycles. The Balaban J connectivity index is 1.18. The number of benzene rings is 2. The van der Waals surface area contributed by atoms with E-state index in [0.29, 0.717) is 38.2 Å². The molecule has 1 aromatic heterocycles. The summed E-state index contributed by atoms with van der Waals surface area (Å²) in [5, 5.41) is 3.01. The number of carbonyl (C=O) groups excluding carboxylic acids is 2. The first-order valence-corrected chi connectivity index (χ1v) is 12.9. The first kappa shape index (κ1) is 23.6. The van der Waals surface area contributed by atoms with E-state index in [4.69, 9.17) is 4.74 Å². The fourth-order valence-corrected chi connectivity index (χ4v) is 5.08. The van der Waals surface area contributed by atoms with Gasteiger partial charge in [-0.05, 0) is 55.0 Å². The maximum atomic E-state index is 13.2. The van der Waals surface area contributed by atoms with Gasteiger partial charge in [0.05, 0.1) is 25.2 Å². The summed E-state index contributed by atoms with van der Waals surface area (Å²) >= 11 is 1.63. The van der Waals surface area contributed by atoms with Gasteiger partial charge in [0.1, 0.15) is 11.9 Å². The molecule has 2 aliphatic heterocycles. The van der Waals surface area contributed by atoms with Crippen molar-refractivity contribution in [2.75, 3.05) is 24.7 Å². The fraction of sp³-hybridized carbons (Fsp3) is 0.346. The van der Waals surface area contributed by atoms with Crippen LogP contribution in [0, 0.1) is 11.7 Å². The molecule has 9 heteroatoms. The standard InChI is InChI=1S/C26H27FN4O3S/c1-35-21-4-2-3-20(13-21)29-25(32)18-9-11-30(12-10-18)26(33)24-22-15-34-23(14-31(22)16-28-24)17-5-7-19(27)8-6-17/h2-8,13,16,18,23H,9-12,14-15H2,1H3,(H,29,32). The maximum absolute atomic E-state index is 13.2. The van der Waals surface area contributed by atoms with E-state index in [0.717, 1.165) is 21.8 Å².